The summed E-state index contributed by atoms with van der Waals surface area (Å²) in [4.78, 5) is 24.1. The van der Waals surface area contributed by atoms with Crippen molar-refractivity contribution in [3.8, 4) is 0 Å². The second kappa shape index (κ2) is 8.81. The van der Waals surface area contributed by atoms with E-state index < -0.39 is 15.9 Å². The van der Waals surface area contributed by atoms with E-state index in [1.807, 2.05) is 12.1 Å². The van der Waals surface area contributed by atoms with Gasteiger partial charge in [0, 0.05) is 23.1 Å². The molecule has 2 amide bonds. The first kappa shape index (κ1) is 19.9. The van der Waals surface area contributed by atoms with Crippen LogP contribution in [0.25, 0.3) is 0 Å². The van der Waals surface area contributed by atoms with E-state index in [9.17, 15) is 18.0 Å². The van der Waals surface area contributed by atoms with Crippen LogP contribution < -0.4 is 15.4 Å². The lowest BCUT2D eigenvalue weighted by atomic mass is 10.1. The number of nitrogens with one attached hydrogen (secondary N) is 3. The number of para-hydroxylation sites is 1. The lowest BCUT2D eigenvalue weighted by Gasteiger charge is -2.11. The molecule has 9 heteroatoms. The third kappa shape index (κ3) is 6.49. The summed E-state index contributed by atoms with van der Waals surface area (Å²) in [7, 11) is -3.50. The second-order valence-electron chi connectivity index (χ2n) is 5.48. The van der Waals surface area contributed by atoms with Crippen LogP contribution in [0, 0.1) is 0 Å². The van der Waals surface area contributed by atoms with E-state index >= 15 is 0 Å². The molecule has 2 rings (SSSR count). The molecule has 0 spiro atoms. The van der Waals surface area contributed by atoms with Gasteiger partial charge >= 0.3 is 0 Å². The first-order chi connectivity index (χ1) is 12.2. The smallest absolute Gasteiger partial charge is 0.253 e. The molecule has 138 valence electrons. The van der Waals surface area contributed by atoms with Crippen molar-refractivity contribution in [3.05, 3.63) is 58.6 Å². The van der Waals surface area contributed by atoms with Crippen LogP contribution in [0.2, 0.25) is 0 Å². The molecule has 0 saturated heterocycles. The van der Waals surface area contributed by atoms with Crippen LogP contribution in [0.4, 0.5) is 11.4 Å². The summed E-state index contributed by atoms with van der Waals surface area (Å²) in [5.74, 6) is -0.705. The predicted molar refractivity (Wildman–Crippen MR) is 105 cm³/mol. The number of carbonyl (C=O) groups is 2. The van der Waals surface area contributed by atoms with Crippen LogP contribution in [0.1, 0.15) is 16.8 Å². The molecule has 7 nitrogen and oxygen atoms in total. The molecule has 0 radical (unpaired) electrons. The number of amides is 2. The first-order valence-corrected chi connectivity index (χ1v) is 10.3. The van der Waals surface area contributed by atoms with Crippen molar-refractivity contribution >= 4 is 49.1 Å². The summed E-state index contributed by atoms with van der Waals surface area (Å²) >= 11 is 3.31. The van der Waals surface area contributed by atoms with Gasteiger partial charge in [0.15, 0.2) is 0 Å². The molecule has 0 fully saturated rings. The number of hydrogen-bond donors (Lipinski definition) is 3. The monoisotopic (exact) mass is 439 g/mol. The zero-order chi connectivity index (χ0) is 19.2. The summed E-state index contributed by atoms with van der Waals surface area (Å²) in [6, 6.07) is 13.4. The average molecular weight is 440 g/mol. The fourth-order valence-corrected chi connectivity index (χ4v) is 2.95. The Bertz CT molecular complexity index is 898. The molecule has 0 aromatic heterocycles. The van der Waals surface area contributed by atoms with Crippen LogP contribution in [0.15, 0.2) is 53.0 Å². The fraction of sp³-hybridized carbons (Fsp3) is 0.176. The third-order valence-corrected chi connectivity index (χ3v) is 4.35. The van der Waals surface area contributed by atoms with Crippen molar-refractivity contribution < 1.29 is 18.0 Å². The molecular formula is C17H18BrN3O4S. The highest BCUT2D eigenvalue weighted by molar-refractivity contribution is 9.10. The van der Waals surface area contributed by atoms with Gasteiger partial charge in [0.05, 0.1) is 17.5 Å². The van der Waals surface area contributed by atoms with E-state index in [2.05, 4.69) is 31.3 Å². The SMILES string of the molecule is CS(=O)(=O)Nc1ccccc1C(=O)NCCC(=O)Nc1ccc(Br)cc1. The molecule has 0 atom stereocenters. The van der Waals surface area contributed by atoms with E-state index in [0.717, 1.165) is 10.7 Å². The van der Waals surface area contributed by atoms with Gasteiger partial charge in [0.2, 0.25) is 15.9 Å². The number of hydrogen-bond acceptors (Lipinski definition) is 4. The Morgan fingerprint density at radius 3 is 2.35 bits per heavy atom. The number of halogens is 1. The Labute approximate surface area is 160 Å². The Morgan fingerprint density at radius 1 is 1.04 bits per heavy atom. The van der Waals surface area contributed by atoms with E-state index in [-0.39, 0.29) is 30.1 Å². The van der Waals surface area contributed by atoms with E-state index in [1.165, 1.54) is 12.1 Å². The molecular weight excluding hydrogens is 422 g/mol. The first-order valence-electron chi connectivity index (χ1n) is 7.65. The summed E-state index contributed by atoms with van der Waals surface area (Å²) < 4.78 is 26.0. The van der Waals surface area contributed by atoms with Crippen molar-refractivity contribution in [1.29, 1.82) is 0 Å². The normalized spacial score (nSPS) is 10.8. The average Bonchev–Trinajstić information content (AvgIpc) is 2.56. The summed E-state index contributed by atoms with van der Waals surface area (Å²) in [6.45, 7) is 0.119. The van der Waals surface area contributed by atoms with Crippen molar-refractivity contribution in [3.63, 3.8) is 0 Å². The molecule has 0 bridgehead atoms. The lowest BCUT2D eigenvalue weighted by Crippen LogP contribution is -2.28. The molecule has 0 aliphatic heterocycles. The minimum atomic E-state index is -3.50. The van der Waals surface area contributed by atoms with Crippen LogP contribution in [-0.4, -0.2) is 33.0 Å². The Balaban J connectivity index is 1.89. The van der Waals surface area contributed by atoms with E-state index in [4.69, 9.17) is 0 Å². The zero-order valence-corrected chi connectivity index (χ0v) is 16.4. The van der Waals surface area contributed by atoms with Gasteiger partial charge in [0.1, 0.15) is 0 Å². The number of sulfonamides is 1. The van der Waals surface area contributed by atoms with E-state index in [0.29, 0.717) is 5.69 Å². The maximum absolute atomic E-state index is 12.2. The fourth-order valence-electron chi connectivity index (χ4n) is 2.11. The molecule has 26 heavy (non-hydrogen) atoms. The number of benzene rings is 2. The minimum absolute atomic E-state index is 0.0868. The molecule has 3 N–H and O–H groups in total. The van der Waals surface area contributed by atoms with Crippen LogP contribution >= 0.6 is 15.9 Å². The molecule has 0 unspecified atom stereocenters. The maximum Gasteiger partial charge on any atom is 0.253 e. The van der Waals surface area contributed by atoms with Gasteiger partial charge in [-0.05, 0) is 36.4 Å². The van der Waals surface area contributed by atoms with Crippen LogP contribution in [0.3, 0.4) is 0 Å². The molecule has 2 aromatic carbocycles. The Kier molecular flexibility index (Phi) is 6.76. The standard InChI is InChI=1S/C17H18BrN3O4S/c1-26(24,25)21-15-5-3-2-4-14(15)17(23)19-11-10-16(22)20-13-8-6-12(18)7-9-13/h2-9,21H,10-11H2,1H3,(H,19,23)(H,20,22). The van der Waals surface area contributed by atoms with Crippen molar-refractivity contribution in [2.75, 3.05) is 22.8 Å². The van der Waals surface area contributed by atoms with Crippen LogP contribution in [0.5, 0.6) is 0 Å². The largest absolute Gasteiger partial charge is 0.351 e. The van der Waals surface area contributed by atoms with Gasteiger partial charge < -0.3 is 10.6 Å². The second-order valence-corrected chi connectivity index (χ2v) is 8.14. The van der Waals surface area contributed by atoms with Crippen molar-refractivity contribution in [1.82, 2.24) is 5.32 Å². The molecule has 0 aliphatic carbocycles. The molecule has 0 aliphatic rings. The molecule has 0 saturated carbocycles. The zero-order valence-electron chi connectivity index (χ0n) is 14.0. The number of carbonyl (C=O) groups excluding carboxylic acids is 2. The maximum atomic E-state index is 12.2. The minimum Gasteiger partial charge on any atom is -0.351 e. The topological polar surface area (TPSA) is 104 Å². The quantitative estimate of drug-likeness (QED) is 0.616. The molecule has 0 heterocycles. The number of rotatable bonds is 7. The third-order valence-electron chi connectivity index (χ3n) is 3.23. The van der Waals surface area contributed by atoms with Gasteiger partial charge in [-0.2, -0.15) is 0 Å². The van der Waals surface area contributed by atoms with E-state index in [1.54, 1.807) is 24.3 Å². The number of anilines is 2. The van der Waals surface area contributed by atoms with Gasteiger partial charge in [0.25, 0.3) is 5.91 Å². The Morgan fingerprint density at radius 2 is 1.69 bits per heavy atom. The van der Waals surface area contributed by atoms with Crippen molar-refractivity contribution in [2.45, 2.75) is 6.42 Å². The van der Waals surface area contributed by atoms with Crippen LogP contribution in [-0.2, 0) is 14.8 Å². The summed E-state index contributed by atoms with van der Waals surface area (Å²) in [6.07, 6.45) is 1.09. The van der Waals surface area contributed by atoms with Gasteiger partial charge in [-0.1, -0.05) is 28.1 Å². The highest BCUT2D eigenvalue weighted by atomic mass is 79.9. The van der Waals surface area contributed by atoms with Gasteiger partial charge in [-0.15, -0.1) is 0 Å². The Hall–Kier alpha value is -2.39. The van der Waals surface area contributed by atoms with Gasteiger partial charge in [-0.3, -0.25) is 14.3 Å². The summed E-state index contributed by atoms with van der Waals surface area (Å²) in [5, 5.41) is 5.33. The predicted octanol–water partition coefficient (Wildman–Crippen LogP) is 2.58. The summed E-state index contributed by atoms with van der Waals surface area (Å²) in [5.41, 5.74) is 1.03. The van der Waals surface area contributed by atoms with Gasteiger partial charge in [-0.25, -0.2) is 8.42 Å². The lowest BCUT2D eigenvalue weighted by molar-refractivity contribution is -0.116. The highest BCUT2D eigenvalue weighted by Crippen LogP contribution is 2.16. The molecule has 2 aromatic rings. The van der Waals surface area contributed by atoms with Crippen molar-refractivity contribution in [2.24, 2.45) is 0 Å². The highest BCUT2D eigenvalue weighted by Gasteiger charge is 2.13.